The van der Waals surface area contributed by atoms with E-state index in [1.165, 1.54) is 0 Å². The van der Waals surface area contributed by atoms with Crippen molar-refractivity contribution < 1.29 is 8.83 Å². The highest BCUT2D eigenvalue weighted by molar-refractivity contribution is 5.79. The number of hydrogen-bond acceptors (Lipinski definition) is 5. The maximum Gasteiger partial charge on any atom is 0.292 e. The number of anilines is 1. The minimum Gasteiger partial charge on any atom is -0.441 e. The highest BCUT2D eigenvalue weighted by atomic mass is 16.4. The van der Waals surface area contributed by atoms with E-state index in [2.05, 4.69) is 9.97 Å². The summed E-state index contributed by atoms with van der Waals surface area (Å²) in [4.78, 5) is 8.09. The summed E-state index contributed by atoms with van der Waals surface area (Å²) in [5.41, 5.74) is 7.85. The first-order valence-electron chi connectivity index (χ1n) is 4.81. The summed E-state index contributed by atoms with van der Waals surface area (Å²) in [5, 5.41) is 0. The van der Waals surface area contributed by atoms with Crippen LogP contribution in [0.4, 0.5) is 6.01 Å². The Morgan fingerprint density at radius 3 is 2.88 bits per heavy atom. The van der Waals surface area contributed by atoms with E-state index in [1.54, 1.807) is 6.20 Å². The summed E-state index contributed by atoms with van der Waals surface area (Å²) in [7, 11) is 0. The number of nitrogens with two attached hydrogens (primary N) is 1. The summed E-state index contributed by atoms with van der Waals surface area (Å²) in [6.07, 6.45) is 1.59. The summed E-state index contributed by atoms with van der Waals surface area (Å²) < 4.78 is 10.6. The monoisotopic (exact) mass is 215 g/mol. The van der Waals surface area contributed by atoms with Crippen molar-refractivity contribution in [3.05, 3.63) is 30.3 Å². The van der Waals surface area contributed by atoms with Crippen molar-refractivity contribution >= 4 is 17.1 Å². The third-order valence-corrected chi connectivity index (χ3v) is 2.30. The number of nitrogen functional groups attached to an aromatic ring is 1. The van der Waals surface area contributed by atoms with Crippen molar-refractivity contribution in [3.63, 3.8) is 0 Å². The second-order valence-corrected chi connectivity index (χ2v) is 3.48. The van der Waals surface area contributed by atoms with Crippen molar-refractivity contribution in [1.29, 1.82) is 0 Å². The minimum atomic E-state index is 0.159. The fraction of sp³-hybridized carbons (Fsp3) is 0.0909. The van der Waals surface area contributed by atoms with Crippen molar-refractivity contribution in [2.24, 2.45) is 0 Å². The molecule has 16 heavy (non-hydrogen) atoms. The van der Waals surface area contributed by atoms with Gasteiger partial charge in [-0.25, -0.2) is 9.97 Å². The molecule has 0 atom stereocenters. The average Bonchev–Trinajstić information content (AvgIpc) is 2.81. The molecule has 2 aromatic heterocycles. The Kier molecular flexibility index (Phi) is 1.73. The van der Waals surface area contributed by atoms with Gasteiger partial charge in [-0.15, -0.1) is 0 Å². The van der Waals surface area contributed by atoms with Gasteiger partial charge in [-0.3, -0.25) is 0 Å². The van der Waals surface area contributed by atoms with Crippen LogP contribution in [0.3, 0.4) is 0 Å². The predicted molar refractivity (Wildman–Crippen MR) is 58.7 cm³/mol. The third-order valence-electron chi connectivity index (χ3n) is 2.30. The number of aromatic nitrogens is 2. The largest absolute Gasteiger partial charge is 0.441 e. The Hall–Kier alpha value is -2.30. The quantitative estimate of drug-likeness (QED) is 0.674. The molecule has 3 aromatic rings. The summed E-state index contributed by atoms with van der Waals surface area (Å²) >= 11 is 0. The fourth-order valence-corrected chi connectivity index (χ4v) is 1.62. The first kappa shape index (κ1) is 8.96. The molecule has 2 heterocycles. The van der Waals surface area contributed by atoms with Crippen molar-refractivity contribution in [1.82, 2.24) is 9.97 Å². The molecule has 0 spiro atoms. The van der Waals surface area contributed by atoms with Crippen LogP contribution in [0.25, 0.3) is 22.4 Å². The molecule has 1 aromatic carbocycles. The highest BCUT2D eigenvalue weighted by Gasteiger charge is 2.07. The van der Waals surface area contributed by atoms with Gasteiger partial charge in [0.25, 0.3) is 6.01 Å². The van der Waals surface area contributed by atoms with Gasteiger partial charge in [0.1, 0.15) is 5.52 Å². The van der Waals surface area contributed by atoms with Gasteiger partial charge in [-0.1, -0.05) is 0 Å². The fourth-order valence-electron chi connectivity index (χ4n) is 1.62. The molecule has 3 rings (SSSR count). The van der Waals surface area contributed by atoms with Crippen LogP contribution in [0.15, 0.2) is 33.2 Å². The summed E-state index contributed by atoms with van der Waals surface area (Å²) in [6.45, 7) is 1.81. The van der Waals surface area contributed by atoms with Crippen LogP contribution in [-0.4, -0.2) is 9.97 Å². The minimum absolute atomic E-state index is 0.159. The first-order chi connectivity index (χ1) is 7.72. The van der Waals surface area contributed by atoms with Crippen LogP contribution in [0.1, 0.15) is 5.89 Å². The Bertz CT molecular complexity index is 654. The van der Waals surface area contributed by atoms with Crippen molar-refractivity contribution in [3.8, 4) is 11.3 Å². The van der Waals surface area contributed by atoms with Gasteiger partial charge in [0.2, 0.25) is 0 Å². The molecule has 2 N–H and O–H groups in total. The molecule has 0 bridgehead atoms. The molecular weight excluding hydrogens is 206 g/mol. The lowest BCUT2D eigenvalue weighted by molar-refractivity contribution is 0.561. The van der Waals surface area contributed by atoms with Crippen LogP contribution in [-0.2, 0) is 0 Å². The van der Waals surface area contributed by atoms with E-state index in [-0.39, 0.29) is 6.01 Å². The molecule has 5 heteroatoms. The van der Waals surface area contributed by atoms with Gasteiger partial charge in [-0.2, -0.15) is 0 Å². The standard InChI is InChI=1S/C11H9N3O2/c1-6-14-8-4-7(2-3-9(8)15-6)10-5-13-11(12)16-10/h2-5H,1H3,(H2,12,13). The predicted octanol–water partition coefficient (Wildman–Crippen LogP) is 2.37. The number of nitrogens with zero attached hydrogens (tertiary/aromatic N) is 2. The molecule has 0 aliphatic heterocycles. The van der Waals surface area contributed by atoms with E-state index in [1.807, 2.05) is 25.1 Å². The molecule has 0 aliphatic rings. The summed E-state index contributed by atoms with van der Waals surface area (Å²) in [6, 6.07) is 5.77. The smallest absolute Gasteiger partial charge is 0.292 e. The molecule has 5 nitrogen and oxygen atoms in total. The topological polar surface area (TPSA) is 78.1 Å². The molecule has 0 saturated carbocycles. The third kappa shape index (κ3) is 1.33. The maximum atomic E-state index is 5.42. The molecule has 0 aliphatic carbocycles. The Balaban J connectivity index is 2.17. The molecular formula is C11H9N3O2. The van der Waals surface area contributed by atoms with Gasteiger partial charge in [0.05, 0.1) is 6.20 Å². The zero-order valence-corrected chi connectivity index (χ0v) is 8.60. The maximum absolute atomic E-state index is 5.42. The average molecular weight is 215 g/mol. The van der Waals surface area contributed by atoms with E-state index in [9.17, 15) is 0 Å². The second kappa shape index (κ2) is 3.10. The molecule has 0 unspecified atom stereocenters. The molecule has 0 saturated heterocycles. The van der Waals surface area contributed by atoms with Crippen molar-refractivity contribution in [2.45, 2.75) is 6.92 Å². The normalized spacial score (nSPS) is 11.1. The van der Waals surface area contributed by atoms with Gasteiger partial charge < -0.3 is 14.6 Å². The van der Waals surface area contributed by atoms with Gasteiger partial charge in [0, 0.05) is 12.5 Å². The number of rotatable bonds is 1. The zero-order chi connectivity index (χ0) is 11.1. The van der Waals surface area contributed by atoms with Crippen LogP contribution >= 0.6 is 0 Å². The molecule has 80 valence electrons. The number of hydrogen-bond donors (Lipinski definition) is 1. The number of benzene rings is 1. The first-order valence-corrected chi connectivity index (χ1v) is 4.81. The van der Waals surface area contributed by atoms with E-state index in [0.717, 1.165) is 16.7 Å². The number of oxazole rings is 2. The SMILES string of the molecule is Cc1nc2cc(-c3cnc(N)o3)ccc2o1. The van der Waals surface area contributed by atoms with Crippen LogP contribution in [0.2, 0.25) is 0 Å². The van der Waals surface area contributed by atoms with Gasteiger partial charge >= 0.3 is 0 Å². The van der Waals surface area contributed by atoms with Crippen LogP contribution < -0.4 is 5.73 Å². The van der Waals surface area contributed by atoms with Crippen LogP contribution in [0.5, 0.6) is 0 Å². The Morgan fingerprint density at radius 1 is 1.25 bits per heavy atom. The number of aryl methyl sites for hydroxylation is 1. The Labute approximate surface area is 90.9 Å². The zero-order valence-electron chi connectivity index (χ0n) is 8.60. The lowest BCUT2D eigenvalue weighted by Crippen LogP contribution is -1.80. The van der Waals surface area contributed by atoms with E-state index >= 15 is 0 Å². The van der Waals surface area contributed by atoms with Crippen LogP contribution in [0, 0.1) is 6.92 Å². The molecule has 0 fully saturated rings. The van der Waals surface area contributed by atoms with Gasteiger partial charge in [0.15, 0.2) is 17.2 Å². The lowest BCUT2D eigenvalue weighted by Gasteiger charge is -1.94. The second-order valence-electron chi connectivity index (χ2n) is 3.48. The van der Waals surface area contributed by atoms with Gasteiger partial charge in [-0.05, 0) is 18.2 Å². The van der Waals surface area contributed by atoms with Crippen molar-refractivity contribution in [2.75, 3.05) is 5.73 Å². The van der Waals surface area contributed by atoms with E-state index in [4.69, 9.17) is 14.6 Å². The Morgan fingerprint density at radius 2 is 2.12 bits per heavy atom. The number of fused-ring (bicyclic) bond motifs is 1. The van der Waals surface area contributed by atoms with E-state index < -0.39 is 0 Å². The lowest BCUT2D eigenvalue weighted by atomic mass is 10.2. The summed E-state index contributed by atoms with van der Waals surface area (Å²) in [5.74, 6) is 1.27. The highest BCUT2D eigenvalue weighted by Crippen LogP contribution is 2.25. The molecule has 0 amide bonds. The van der Waals surface area contributed by atoms with E-state index in [0.29, 0.717) is 11.7 Å². The molecule has 0 radical (unpaired) electrons.